The Labute approximate surface area is 160 Å². The first-order chi connectivity index (χ1) is 13.0. The molecule has 2 aliphatic rings. The Kier molecular flexibility index (Phi) is 4.66. The van der Waals surface area contributed by atoms with E-state index in [1.54, 1.807) is 0 Å². The molecule has 0 saturated carbocycles. The molecular formula is C21H28N4O2. The van der Waals surface area contributed by atoms with Gasteiger partial charge in [-0.25, -0.2) is 4.98 Å². The molecule has 3 heterocycles. The lowest BCUT2D eigenvalue weighted by atomic mass is 9.78. The van der Waals surface area contributed by atoms with Gasteiger partial charge in [0.25, 0.3) is 0 Å². The molecule has 2 aliphatic heterocycles. The maximum Gasteiger partial charge on any atom is 0.242 e. The first-order valence-electron chi connectivity index (χ1n) is 10.0. The summed E-state index contributed by atoms with van der Waals surface area (Å²) in [6, 6.07) is 7.90. The average Bonchev–Trinajstić information content (AvgIpc) is 3.22. The van der Waals surface area contributed by atoms with Crippen LogP contribution in [-0.4, -0.2) is 57.3 Å². The zero-order valence-corrected chi connectivity index (χ0v) is 16.3. The highest BCUT2D eigenvalue weighted by atomic mass is 16.2. The number of amides is 2. The standard InChI is InChI=1S/C21H28N4O2/c1-3-11-23-12-6-9-21(20(23)27)10-13-24(15-21)19(26)14-25-16(2)22-17-7-4-5-8-18(17)25/h4-5,7-8H,3,6,9-15H2,1-2H3/t21-/m1/s1. The topological polar surface area (TPSA) is 58.4 Å². The predicted molar refractivity (Wildman–Crippen MR) is 104 cm³/mol. The van der Waals surface area contributed by atoms with Gasteiger partial charge in [0.05, 0.1) is 16.4 Å². The molecule has 6 nitrogen and oxygen atoms in total. The highest BCUT2D eigenvalue weighted by Crippen LogP contribution is 2.40. The van der Waals surface area contributed by atoms with Crippen molar-refractivity contribution in [1.82, 2.24) is 19.4 Å². The molecule has 2 fully saturated rings. The van der Waals surface area contributed by atoms with E-state index in [9.17, 15) is 9.59 Å². The lowest BCUT2D eigenvalue weighted by Crippen LogP contribution is -2.50. The van der Waals surface area contributed by atoms with Crippen LogP contribution in [0, 0.1) is 12.3 Å². The molecule has 1 atom stereocenters. The van der Waals surface area contributed by atoms with Crippen LogP contribution in [0.15, 0.2) is 24.3 Å². The van der Waals surface area contributed by atoms with Gasteiger partial charge in [-0.15, -0.1) is 0 Å². The Hall–Kier alpha value is -2.37. The second-order valence-electron chi connectivity index (χ2n) is 7.98. The van der Waals surface area contributed by atoms with Crippen LogP contribution in [0.1, 0.15) is 38.4 Å². The predicted octanol–water partition coefficient (Wildman–Crippen LogP) is 2.60. The Balaban J connectivity index is 1.49. The fourth-order valence-corrected chi connectivity index (χ4v) is 4.73. The average molecular weight is 368 g/mol. The molecule has 0 bridgehead atoms. The third kappa shape index (κ3) is 3.11. The summed E-state index contributed by atoms with van der Waals surface area (Å²) in [7, 11) is 0. The van der Waals surface area contributed by atoms with E-state index in [1.165, 1.54) is 0 Å². The van der Waals surface area contributed by atoms with Gasteiger partial charge < -0.3 is 14.4 Å². The minimum atomic E-state index is -0.352. The number of fused-ring (bicyclic) bond motifs is 1. The summed E-state index contributed by atoms with van der Waals surface area (Å²) in [6.07, 6.45) is 3.72. The molecule has 1 spiro atoms. The SMILES string of the molecule is CCCN1CCC[C@]2(CCN(C(=O)Cn3c(C)nc4ccccc43)C2)C1=O. The largest absolute Gasteiger partial charge is 0.342 e. The van der Waals surface area contributed by atoms with E-state index in [4.69, 9.17) is 0 Å². The molecule has 0 radical (unpaired) electrons. The first kappa shape index (κ1) is 18.0. The molecule has 144 valence electrons. The molecule has 0 aliphatic carbocycles. The number of piperidine rings is 1. The second kappa shape index (κ2) is 6.98. The van der Waals surface area contributed by atoms with Crippen molar-refractivity contribution in [2.75, 3.05) is 26.2 Å². The molecule has 2 aromatic rings. The number of imidazole rings is 1. The van der Waals surface area contributed by atoms with Gasteiger partial charge in [-0.2, -0.15) is 0 Å². The van der Waals surface area contributed by atoms with Crippen LogP contribution >= 0.6 is 0 Å². The summed E-state index contributed by atoms with van der Waals surface area (Å²) in [5.74, 6) is 1.19. The maximum atomic E-state index is 13.0. The smallest absolute Gasteiger partial charge is 0.242 e. The molecular weight excluding hydrogens is 340 g/mol. The molecule has 0 N–H and O–H groups in total. The molecule has 1 aromatic heterocycles. The lowest BCUT2D eigenvalue weighted by molar-refractivity contribution is -0.146. The van der Waals surface area contributed by atoms with Crippen LogP contribution < -0.4 is 0 Å². The van der Waals surface area contributed by atoms with E-state index in [0.29, 0.717) is 13.1 Å². The highest BCUT2D eigenvalue weighted by molar-refractivity contribution is 5.86. The number of aromatic nitrogens is 2. The summed E-state index contributed by atoms with van der Waals surface area (Å²) in [5.41, 5.74) is 1.55. The van der Waals surface area contributed by atoms with E-state index >= 15 is 0 Å². The van der Waals surface area contributed by atoms with E-state index in [0.717, 1.165) is 55.6 Å². The normalized spacial score (nSPS) is 23.0. The molecule has 0 unspecified atom stereocenters. The number of nitrogens with zero attached hydrogens (tertiary/aromatic N) is 4. The third-order valence-electron chi connectivity index (χ3n) is 6.16. The van der Waals surface area contributed by atoms with Crippen molar-refractivity contribution in [2.45, 2.75) is 46.1 Å². The van der Waals surface area contributed by atoms with Gasteiger partial charge in [0.15, 0.2) is 0 Å². The van der Waals surface area contributed by atoms with Crippen molar-refractivity contribution in [3.05, 3.63) is 30.1 Å². The maximum absolute atomic E-state index is 13.0. The molecule has 2 saturated heterocycles. The van der Waals surface area contributed by atoms with Crippen LogP contribution in [0.3, 0.4) is 0 Å². The summed E-state index contributed by atoms with van der Waals surface area (Å²) in [4.78, 5) is 34.5. The van der Waals surface area contributed by atoms with E-state index in [2.05, 4.69) is 11.9 Å². The van der Waals surface area contributed by atoms with Crippen molar-refractivity contribution in [2.24, 2.45) is 5.41 Å². The zero-order chi connectivity index (χ0) is 19.0. The van der Waals surface area contributed by atoms with Gasteiger partial charge in [-0.05, 0) is 44.7 Å². The molecule has 27 heavy (non-hydrogen) atoms. The van der Waals surface area contributed by atoms with Crippen molar-refractivity contribution >= 4 is 22.8 Å². The fourth-order valence-electron chi connectivity index (χ4n) is 4.73. The van der Waals surface area contributed by atoms with Gasteiger partial charge in [-0.1, -0.05) is 19.1 Å². The number of likely N-dealkylation sites (tertiary alicyclic amines) is 2. The molecule has 6 heteroatoms. The Morgan fingerprint density at radius 1 is 1.22 bits per heavy atom. The van der Waals surface area contributed by atoms with Gasteiger partial charge >= 0.3 is 0 Å². The van der Waals surface area contributed by atoms with Crippen molar-refractivity contribution in [1.29, 1.82) is 0 Å². The quantitative estimate of drug-likeness (QED) is 0.833. The third-order valence-corrected chi connectivity index (χ3v) is 6.16. The fraction of sp³-hybridized carbons (Fsp3) is 0.571. The number of hydrogen-bond acceptors (Lipinski definition) is 3. The minimum absolute atomic E-state index is 0.0820. The first-order valence-corrected chi connectivity index (χ1v) is 10.0. The lowest BCUT2D eigenvalue weighted by Gasteiger charge is -2.39. The van der Waals surface area contributed by atoms with Gasteiger partial charge in [0.2, 0.25) is 11.8 Å². The number of carbonyl (C=O) groups is 2. The van der Waals surface area contributed by atoms with Gasteiger partial charge in [-0.3, -0.25) is 9.59 Å². The van der Waals surface area contributed by atoms with Gasteiger partial charge in [0.1, 0.15) is 12.4 Å². The van der Waals surface area contributed by atoms with Crippen molar-refractivity contribution in [3.8, 4) is 0 Å². The highest BCUT2D eigenvalue weighted by Gasteiger charge is 2.49. The number of carbonyl (C=O) groups excluding carboxylic acids is 2. The summed E-state index contributed by atoms with van der Waals surface area (Å²) in [5, 5.41) is 0. The number of hydrogen-bond donors (Lipinski definition) is 0. The summed E-state index contributed by atoms with van der Waals surface area (Å²) >= 11 is 0. The minimum Gasteiger partial charge on any atom is -0.342 e. The van der Waals surface area contributed by atoms with Crippen molar-refractivity contribution in [3.63, 3.8) is 0 Å². The molecule has 2 amide bonds. The summed E-state index contributed by atoms with van der Waals surface area (Å²) in [6.45, 7) is 7.27. The van der Waals surface area contributed by atoms with Crippen LogP contribution in [0.2, 0.25) is 0 Å². The second-order valence-corrected chi connectivity index (χ2v) is 7.98. The number of aryl methyl sites for hydroxylation is 1. The number of rotatable bonds is 4. The van der Waals surface area contributed by atoms with Crippen LogP contribution in [-0.2, 0) is 16.1 Å². The number of para-hydroxylation sites is 2. The Bertz CT molecular complexity index is 872. The van der Waals surface area contributed by atoms with E-state index in [1.807, 2.05) is 45.6 Å². The summed E-state index contributed by atoms with van der Waals surface area (Å²) < 4.78 is 1.98. The van der Waals surface area contributed by atoms with E-state index < -0.39 is 0 Å². The van der Waals surface area contributed by atoms with Crippen LogP contribution in [0.25, 0.3) is 11.0 Å². The van der Waals surface area contributed by atoms with Crippen molar-refractivity contribution < 1.29 is 9.59 Å². The number of benzene rings is 1. The molecule has 4 rings (SSSR count). The Morgan fingerprint density at radius 3 is 2.85 bits per heavy atom. The molecule has 1 aromatic carbocycles. The monoisotopic (exact) mass is 368 g/mol. The Morgan fingerprint density at radius 2 is 2.04 bits per heavy atom. The van der Waals surface area contributed by atoms with E-state index in [-0.39, 0.29) is 23.8 Å². The van der Waals surface area contributed by atoms with Gasteiger partial charge in [0, 0.05) is 26.2 Å². The van der Waals surface area contributed by atoms with Crippen LogP contribution in [0.4, 0.5) is 0 Å². The zero-order valence-electron chi connectivity index (χ0n) is 16.3. The van der Waals surface area contributed by atoms with Crippen LogP contribution in [0.5, 0.6) is 0 Å².